The molecule has 0 atom stereocenters. The Balaban J connectivity index is 2.05. The van der Waals surface area contributed by atoms with E-state index in [-0.39, 0.29) is 6.03 Å². The van der Waals surface area contributed by atoms with Gasteiger partial charge >= 0.3 is 6.03 Å². The van der Waals surface area contributed by atoms with Crippen LogP contribution in [0.5, 0.6) is 0 Å². The van der Waals surface area contributed by atoms with E-state index in [9.17, 15) is 4.79 Å². The van der Waals surface area contributed by atoms with Crippen LogP contribution in [0.15, 0.2) is 42.5 Å². The van der Waals surface area contributed by atoms with Crippen molar-refractivity contribution >= 4 is 40.6 Å². The summed E-state index contributed by atoms with van der Waals surface area (Å²) in [5.74, 6) is 0. The van der Waals surface area contributed by atoms with Gasteiger partial charge in [0.25, 0.3) is 0 Å². The Hall–Kier alpha value is -1.71. The standard InChI is InChI=1S/C15H14Cl2N2O/c1-2-10-6-8-11(9-7-10)18-15(20)19-14-12(16)4-3-5-13(14)17/h3-9H,2H2,1H3,(H2,18,19,20). The van der Waals surface area contributed by atoms with Crippen LogP contribution in [0.4, 0.5) is 16.2 Å². The molecule has 0 heterocycles. The predicted octanol–water partition coefficient (Wildman–Crippen LogP) is 5.20. The first-order valence-electron chi connectivity index (χ1n) is 6.21. The highest BCUT2D eigenvalue weighted by Gasteiger charge is 2.09. The summed E-state index contributed by atoms with van der Waals surface area (Å²) in [6.45, 7) is 2.08. The van der Waals surface area contributed by atoms with Crippen LogP contribution < -0.4 is 10.6 Å². The van der Waals surface area contributed by atoms with Gasteiger partial charge in [0.15, 0.2) is 0 Å². The zero-order valence-electron chi connectivity index (χ0n) is 10.9. The highest BCUT2D eigenvalue weighted by molar-refractivity contribution is 6.39. The quantitative estimate of drug-likeness (QED) is 0.804. The third-order valence-electron chi connectivity index (χ3n) is 2.82. The van der Waals surface area contributed by atoms with Gasteiger partial charge in [-0.15, -0.1) is 0 Å². The van der Waals surface area contributed by atoms with Crippen molar-refractivity contribution in [2.24, 2.45) is 0 Å². The molecule has 0 spiro atoms. The molecule has 2 N–H and O–H groups in total. The smallest absolute Gasteiger partial charge is 0.308 e. The summed E-state index contributed by atoms with van der Waals surface area (Å²) in [5.41, 5.74) is 2.33. The van der Waals surface area contributed by atoms with E-state index in [1.165, 1.54) is 5.56 Å². The number of anilines is 2. The van der Waals surface area contributed by atoms with Crippen molar-refractivity contribution in [2.45, 2.75) is 13.3 Å². The fourth-order valence-corrected chi connectivity index (χ4v) is 2.21. The molecule has 3 nitrogen and oxygen atoms in total. The summed E-state index contributed by atoms with van der Waals surface area (Å²) in [7, 11) is 0. The lowest BCUT2D eigenvalue weighted by molar-refractivity contribution is 0.262. The zero-order chi connectivity index (χ0) is 14.5. The largest absolute Gasteiger partial charge is 0.323 e. The van der Waals surface area contributed by atoms with Gasteiger partial charge in [-0.25, -0.2) is 4.79 Å². The van der Waals surface area contributed by atoms with Gasteiger partial charge in [0.2, 0.25) is 0 Å². The van der Waals surface area contributed by atoms with Gasteiger partial charge in [0, 0.05) is 5.69 Å². The van der Waals surface area contributed by atoms with E-state index in [2.05, 4.69) is 17.6 Å². The molecule has 2 aromatic rings. The maximum atomic E-state index is 11.9. The Bertz CT molecular complexity index is 592. The van der Waals surface area contributed by atoms with Crippen molar-refractivity contribution in [3.8, 4) is 0 Å². The van der Waals surface area contributed by atoms with E-state index in [0.29, 0.717) is 21.4 Å². The maximum Gasteiger partial charge on any atom is 0.323 e. The van der Waals surface area contributed by atoms with Gasteiger partial charge in [-0.2, -0.15) is 0 Å². The normalized spacial score (nSPS) is 10.2. The van der Waals surface area contributed by atoms with Crippen LogP contribution in [-0.4, -0.2) is 6.03 Å². The average Bonchev–Trinajstić information content (AvgIpc) is 2.44. The van der Waals surface area contributed by atoms with Crippen LogP contribution in [0.1, 0.15) is 12.5 Å². The number of amides is 2. The molecule has 2 rings (SSSR count). The molecule has 0 fully saturated rings. The van der Waals surface area contributed by atoms with Crippen molar-refractivity contribution in [2.75, 3.05) is 10.6 Å². The molecule has 0 unspecified atom stereocenters. The van der Waals surface area contributed by atoms with E-state index in [1.807, 2.05) is 24.3 Å². The summed E-state index contributed by atoms with van der Waals surface area (Å²) in [6, 6.07) is 12.3. The number of urea groups is 1. The number of hydrogen-bond donors (Lipinski definition) is 2. The molecular formula is C15H14Cl2N2O. The lowest BCUT2D eigenvalue weighted by Crippen LogP contribution is -2.19. The molecule has 2 amide bonds. The van der Waals surface area contributed by atoms with Gasteiger partial charge in [-0.1, -0.05) is 48.3 Å². The molecule has 5 heteroatoms. The van der Waals surface area contributed by atoms with Crippen molar-refractivity contribution in [3.63, 3.8) is 0 Å². The first kappa shape index (κ1) is 14.7. The average molecular weight is 309 g/mol. The number of benzene rings is 2. The third-order valence-corrected chi connectivity index (χ3v) is 3.45. The second-order valence-corrected chi connectivity index (χ2v) is 5.04. The van der Waals surface area contributed by atoms with E-state index in [1.54, 1.807) is 18.2 Å². The first-order chi connectivity index (χ1) is 9.60. The Morgan fingerprint density at radius 2 is 1.60 bits per heavy atom. The van der Waals surface area contributed by atoms with Gasteiger partial charge in [-0.05, 0) is 36.2 Å². The van der Waals surface area contributed by atoms with Crippen LogP contribution in [0.2, 0.25) is 10.0 Å². The predicted molar refractivity (Wildman–Crippen MR) is 84.9 cm³/mol. The first-order valence-corrected chi connectivity index (χ1v) is 6.96. The van der Waals surface area contributed by atoms with Gasteiger partial charge in [0.1, 0.15) is 0 Å². The second kappa shape index (κ2) is 6.64. The fraction of sp³-hybridized carbons (Fsp3) is 0.133. The van der Waals surface area contributed by atoms with Crippen molar-refractivity contribution in [1.82, 2.24) is 0 Å². The zero-order valence-corrected chi connectivity index (χ0v) is 12.4. The minimum atomic E-state index is -0.385. The molecule has 2 aromatic carbocycles. The topological polar surface area (TPSA) is 41.1 Å². The van der Waals surface area contributed by atoms with E-state index < -0.39 is 0 Å². The van der Waals surface area contributed by atoms with Crippen molar-refractivity contribution in [1.29, 1.82) is 0 Å². The highest BCUT2D eigenvalue weighted by Crippen LogP contribution is 2.29. The molecule has 0 radical (unpaired) electrons. The number of aryl methyl sites for hydroxylation is 1. The molecule has 0 aliphatic rings. The Labute approximate surface area is 127 Å². The molecule has 0 saturated carbocycles. The summed E-state index contributed by atoms with van der Waals surface area (Å²) in [6.07, 6.45) is 0.960. The number of hydrogen-bond acceptors (Lipinski definition) is 1. The lowest BCUT2D eigenvalue weighted by Gasteiger charge is -2.10. The number of halogens is 2. The monoisotopic (exact) mass is 308 g/mol. The number of para-hydroxylation sites is 1. The SMILES string of the molecule is CCc1ccc(NC(=O)Nc2c(Cl)cccc2Cl)cc1. The molecule has 20 heavy (non-hydrogen) atoms. The Morgan fingerprint density at radius 3 is 2.15 bits per heavy atom. The highest BCUT2D eigenvalue weighted by atomic mass is 35.5. The second-order valence-electron chi connectivity index (χ2n) is 4.23. The summed E-state index contributed by atoms with van der Waals surface area (Å²) in [4.78, 5) is 11.9. The van der Waals surface area contributed by atoms with E-state index in [4.69, 9.17) is 23.2 Å². The number of carbonyl (C=O) groups excluding carboxylic acids is 1. The molecule has 0 bridgehead atoms. The number of nitrogens with one attached hydrogen (secondary N) is 2. The lowest BCUT2D eigenvalue weighted by atomic mass is 10.1. The fourth-order valence-electron chi connectivity index (χ4n) is 1.72. The van der Waals surface area contributed by atoms with Crippen molar-refractivity contribution < 1.29 is 4.79 Å². The van der Waals surface area contributed by atoms with E-state index >= 15 is 0 Å². The molecule has 0 aliphatic carbocycles. The molecule has 0 aliphatic heterocycles. The van der Waals surface area contributed by atoms with Crippen LogP contribution in [0.3, 0.4) is 0 Å². The van der Waals surface area contributed by atoms with Gasteiger partial charge < -0.3 is 10.6 Å². The number of rotatable bonds is 3. The van der Waals surface area contributed by atoms with Crippen LogP contribution in [0.25, 0.3) is 0 Å². The Morgan fingerprint density at radius 1 is 1.00 bits per heavy atom. The number of carbonyl (C=O) groups is 1. The van der Waals surface area contributed by atoms with Crippen molar-refractivity contribution in [3.05, 3.63) is 58.1 Å². The molecule has 0 aromatic heterocycles. The molecule has 0 saturated heterocycles. The van der Waals surface area contributed by atoms with Gasteiger partial charge in [-0.3, -0.25) is 0 Å². The van der Waals surface area contributed by atoms with Gasteiger partial charge in [0.05, 0.1) is 15.7 Å². The summed E-state index contributed by atoms with van der Waals surface area (Å²) < 4.78 is 0. The molecule has 104 valence electrons. The minimum Gasteiger partial charge on any atom is -0.308 e. The third kappa shape index (κ3) is 3.65. The summed E-state index contributed by atoms with van der Waals surface area (Å²) in [5, 5.41) is 6.16. The maximum absolute atomic E-state index is 11.9. The summed E-state index contributed by atoms with van der Waals surface area (Å²) >= 11 is 12.0. The van der Waals surface area contributed by atoms with Crippen LogP contribution in [0, 0.1) is 0 Å². The Kier molecular flexibility index (Phi) is 4.88. The van der Waals surface area contributed by atoms with E-state index in [0.717, 1.165) is 6.42 Å². The molecular weight excluding hydrogens is 295 g/mol. The van der Waals surface area contributed by atoms with Crippen LogP contribution in [-0.2, 0) is 6.42 Å². The minimum absolute atomic E-state index is 0.385. The van der Waals surface area contributed by atoms with Crippen LogP contribution >= 0.6 is 23.2 Å².